The topological polar surface area (TPSA) is 23.8 Å². The first-order chi connectivity index (χ1) is 5.81. The van der Waals surface area contributed by atoms with Gasteiger partial charge < -0.3 is 0 Å². The summed E-state index contributed by atoms with van der Waals surface area (Å²) in [6, 6.07) is 0.118. The van der Waals surface area contributed by atoms with Gasteiger partial charge in [-0.05, 0) is 25.7 Å². The van der Waals surface area contributed by atoms with E-state index in [1.807, 2.05) is 0 Å². The fraction of sp³-hybridized carbons (Fsp3) is 0.818. The van der Waals surface area contributed by atoms with Gasteiger partial charge in [-0.2, -0.15) is 0 Å². The monoisotopic (exact) mass is 168 g/mol. The molecule has 71 valence electrons. The average molecular weight is 168 g/mol. The molecule has 0 bridgehead atoms. The number of rotatable bonds is 7. The quantitative estimate of drug-likeness (QED) is 0.410. The molecule has 1 nitrogen and oxygen atoms in total. The van der Waals surface area contributed by atoms with Crippen LogP contribution in [0.4, 0.5) is 0 Å². The fourth-order valence-electron chi connectivity index (χ4n) is 1.06. The van der Waals surface area contributed by atoms with Gasteiger partial charge in [0.1, 0.15) is 0 Å². The maximum atomic E-state index is 7.49. The smallest absolute Gasteiger partial charge is 0.0244 e. The fourth-order valence-corrected chi connectivity index (χ4v) is 1.06. The standard InChI is InChI=1S/C11H22N/c1-3-5-6-7-8-9-10-11(12)4-2/h8-9,11-12H,3-7,10H2,1-2H3/b9-8+. The zero-order chi connectivity index (χ0) is 9.23. The highest BCUT2D eigenvalue weighted by Crippen LogP contribution is 2.02. The Labute approximate surface area is 77.0 Å². The zero-order valence-corrected chi connectivity index (χ0v) is 8.47. The molecule has 0 heterocycles. The van der Waals surface area contributed by atoms with Gasteiger partial charge in [-0.1, -0.05) is 38.8 Å². The molecule has 1 radical (unpaired) electrons. The van der Waals surface area contributed by atoms with Gasteiger partial charge in [-0.3, -0.25) is 5.73 Å². The van der Waals surface area contributed by atoms with Gasteiger partial charge in [0.2, 0.25) is 0 Å². The van der Waals surface area contributed by atoms with E-state index in [1.54, 1.807) is 0 Å². The molecule has 0 amide bonds. The summed E-state index contributed by atoms with van der Waals surface area (Å²) in [5.41, 5.74) is 7.49. The molecule has 1 unspecified atom stereocenters. The van der Waals surface area contributed by atoms with Crippen LogP contribution < -0.4 is 5.73 Å². The summed E-state index contributed by atoms with van der Waals surface area (Å²) >= 11 is 0. The normalized spacial score (nSPS) is 13.9. The van der Waals surface area contributed by atoms with Gasteiger partial charge in [0.25, 0.3) is 0 Å². The zero-order valence-electron chi connectivity index (χ0n) is 8.47. The lowest BCUT2D eigenvalue weighted by molar-refractivity contribution is 0.637. The molecule has 1 atom stereocenters. The highest BCUT2D eigenvalue weighted by Gasteiger charge is 1.93. The summed E-state index contributed by atoms with van der Waals surface area (Å²) in [6.45, 7) is 4.29. The van der Waals surface area contributed by atoms with E-state index in [2.05, 4.69) is 26.0 Å². The summed E-state index contributed by atoms with van der Waals surface area (Å²) < 4.78 is 0. The van der Waals surface area contributed by atoms with Gasteiger partial charge in [-0.15, -0.1) is 0 Å². The molecule has 0 aliphatic rings. The van der Waals surface area contributed by atoms with Crippen LogP contribution in [0.5, 0.6) is 0 Å². The van der Waals surface area contributed by atoms with Gasteiger partial charge in [0.15, 0.2) is 0 Å². The van der Waals surface area contributed by atoms with Crippen LogP contribution in [0, 0.1) is 0 Å². The predicted molar refractivity (Wildman–Crippen MR) is 55.1 cm³/mol. The molecule has 0 aromatic carbocycles. The van der Waals surface area contributed by atoms with Crippen molar-refractivity contribution >= 4 is 0 Å². The predicted octanol–water partition coefficient (Wildman–Crippen LogP) is 3.57. The van der Waals surface area contributed by atoms with E-state index in [-0.39, 0.29) is 6.04 Å². The van der Waals surface area contributed by atoms with Gasteiger partial charge >= 0.3 is 0 Å². The summed E-state index contributed by atoms with van der Waals surface area (Å²) in [5, 5.41) is 0. The van der Waals surface area contributed by atoms with E-state index >= 15 is 0 Å². The minimum Gasteiger partial charge on any atom is -0.254 e. The van der Waals surface area contributed by atoms with Crippen LogP contribution >= 0.6 is 0 Å². The highest BCUT2D eigenvalue weighted by atomic mass is 14.6. The molecule has 1 heteroatoms. The van der Waals surface area contributed by atoms with Crippen molar-refractivity contribution in [3.63, 3.8) is 0 Å². The van der Waals surface area contributed by atoms with Gasteiger partial charge in [0.05, 0.1) is 0 Å². The Hall–Kier alpha value is -0.300. The van der Waals surface area contributed by atoms with Crippen molar-refractivity contribution in [1.82, 2.24) is 5.73 Å². The molecule has 1 N–H and O–H groups in total. The first kappa shape index (κ1) is 11.7. The molecule has 0 saturated heterocycles. The van der Waals surface area contributed by atoms with Crippen LogP contribution in [0.25, 0.3) is 0 Å². The molecular weight excluding hydrogens is 146 g/mol. The van der Waals surface area contributed by atoms with E-state index in [9.17, 15) is 0 Å². The number of hydrogen-bond acceptors (Lipinski definition) is 0. The lowest BCUT2D eigenvalue weighted by Crippen LogP contribution is -2.04. The Morgan fingerprint density at radius 3 is 2.50 bits per heavy atom. The van der Waals surface area contributed by atoms with Crippen LogP contribution in [0.1, 0.15) is 52.4 Å². The lowest BCUT2D eigenvalue weighted by Gasteiger charge is -2.01. The summed E-state index contributed by atoms with van der Waals surface area (Å²) in [5.74, 6) is 0. The Morgan fingerprint density at radius 2 is 1.92 bits per heavy atom. The van der Waals surface area contributed by atoms with Crippen LogP contribution in [0.3, 0.4) is 0 Å². The molecule has 0 rings (SSSR count). The molecule has 0 spiro atoms. The number of hydrogen-bond donors (Lipinski definition) is 0. The largest absolute Gasteiger partial charge is 0.254 e. The maximum Gasteiger partial charge on any atom is 0.0244 e. The van der Waals surface area contributed by atoms with Crippen molar-refractivity contribution in [2.75, 3.05) is 0 Å². The summed E-state index contributed by atoms with van der Waals surface area (Å²) in [4.78, 5) is 0. The van der Waals surface area contributed by atoms with E-state index in [0.29, 0.717) is 0 Å². The molecule has 12 heavy (non-hydrogen) atoms. The van der Waals surface area contributed by atoms with Crippen LogP contribution in [0.15, 0.2) is 12.2 Å². The second-order valence-corrected chi connectivity index (χ2v) is 3.31. The van der Waals surface area contributed by atoms with Gasteiger partial charge in [-0.25, -0.2) is 0 Å². The Balaban J connectivity index is 3.13. The first-order valence-corrected chi connectivity index (χ1v) is 5.17. The van der Waals surface area contributed by atoms with Crippen molar-refractivity contribution in [1.29, 1.82) is 0 Å². The molecule has 0 aliphatic carbocycles. The summed E-state index contributed by atoms with van der Waals surface area (Å²) in [7, 11) is 0. The summed E-state index contributed by atoms with van der Waals surface area (Å²) in [6.07, 6.45) is 11.4. The van der Waals surface area contributed by atoms with E-state index in [0.717, 1.165) is 12.8 Å². The third-order valence-electron chi connectivity index (χ3n) is 2.05. The van der Waals surface area contributed by atoms with Crippen molar-refractivity contribution in [2.45, 2.75) is 58.4 Å². The molecule has 0 saturated carbocycles. The van der Waals surface area contributed by atoms with Crippen molar-refractivity contribution < 1.29 is 0 Å². The maximum absolute atomic E-state index is 7.49. The molecule has 0 aliphatic heterocycles. The Kier molecular flexibility index (Phi) is 8.57. The lowest BCUT2D eigenvalue weighted by atomic mass is 10.1. The minimum absolute atomic E-state index is 0.118. The molecule has 0 fully saturated rings. The SMILES string of the molecule is CCCCC/C=C/CC([NH])CC. The van der Waals surface area contributed by atoms with Crippen LogP contribution in [-0.2, 0) is 0 Å². The van der Waals surface area contributed by atoms with E-state index < -0.39 is 0 Å². The van der Waals surface area contributed by atoms with Crippen molar-refractivity contribution in [3.8, 4) is 0 Å². The minimum atomic E-state index is 0.118. The van der Waals surface area contributed by atoms with Crippen LogP contribution in [0.2, 0.25) is 0 Å². The first-order valence-electron chi connectivity index (χ1n) is 5.17. The van der Waals surface area contributed by atoms with Crippen molar-refractivity contribution in [2.24, 2.45) is 0 Å². The Morgan fingerprint density at radius 1 is 1.17 bits per heavy atom. The second kappa shape index (κ2) is 8.79. The van der Waals surface area contributed by atoms with Gasteiger partial charge in [0, 0.05) is 6.04 Å². The third-order valence-corrected chi connectivity index (χ3v) is 2.05. The average Bonchev–Trinajstić information content (AvgIpc) is 2.10. The molecule has 0 aromatic rings. The van der Waals surface area contributed by atoms with Crippen LogP contribution in [-0.4, -0.2) is 6.04 Å². The molecule has 0 aromatic heterocycles. The van der Waals surface area contributed by atoms with Crippen molar-refractivity contribution in [3.05, 3.63) is 12.2 Å². The number of nitrogens with one attached hydrogen (secondary N) is 1. The number of unbranched alkanes of at least 4 members (excludes halogenated alkanes) is 3. The number of allylic oxidation sites excluding steroid dienone is 1. The highest BCUT2D eigenvalue weighted by molar-refractivity contribution is 4.84. The van der Waals surface area contributed by atoms with E-state index in [1.165, 1.54) is 25.7 Å². The third kappa shape index (κ3) is 7.80. The second-order valence-electron chi connectivity index (χ2n) is 3.31. The Bertz CT molecular complexity index is 108. The molecular formula is C11H22N. The van der Waals surface area contributed by atoms with E-state index in [4.69, 9.17) is 5.73 Å².